The normalized spacial score (nSPS) is 11.8. The molecule has 0 aliphatic carbocycles. The van der Waals surface area contributed by atoms with Gasteiger partial charge in [-0.15, -0.1) is 0 Å². The first-order valence-corrected chi connectivity index (χ1v) is 5.64. The highest BCUT2D eigenvalue weighted by Crippen LogP contribution is 2.21. The van der Waals surface area contributed by atoms with Gasteiger partial charge in [0, 0.05) is 10.9 Å². The number of fused-ring (bicyclic) bond motifs is 1. The smallest absolute Gasteiger partial charge is 0.272 e. The second kappa shape index (κ2) is 3.87. The van der Waals surface area contributed by atoms with Crippen molar-refractivity contribution in [2.45, 2.75) is 33.2 Å². The fourth-order valence-electron chi connectivity index (χ4n) is 1.73. The van der Waals surface area contributed by atoms with E-state index in [1.807, 2.05) is 25.1 Å². The molecule has 2 N–H and O–H groups in total. The molecule has 0 spiro atoms. The van der Waals surface area contributed by atoms with Crippen LogP contribution in [0.1, 0.15) is 26.3 Å². The van der Waals surface area contributed by atoms with Gasteiger partial charge in [0.15, 0.2) is 5.82 Å². The van der Waals surface area contributed by atoms with Gasteiger partial charge in [0.05, 0.1) is 5.39 Å². The van der Waals surface area contributed by atoms with Crippen LogP contribution in [-0.4, -0.2) is 15.7 Å². The molecule has 2 rings (SSSR count). The molecule has 4 heteroatoms. The van der Waals surface area contributed by atoms with Crippen LogP contribution < -0.4 is 10.9 Å². The van der Waals surface area contributed by atoms with Crippen molar-refractivity contribution in [1.29, 1.82) is 0 Å². The molecular formula is C13H17N3O. The Morgan fingerprint density at radius 3 is 2.59 bits per heavy atom. The molecule has 90 valence electrons. The van der Waals surface area contributed by atoms with E-state index in [2.05, 4.69) is 36.3 Å². The lowest BCUT2D eigenvalue weighted by molar-refractivity contribution is 0.629. The largest absolute Gasteiger partial charge is 0.364 e. The number of hydrogen-bond acceptors (Lipinski definition) is 3. The molecule has 2 aromatic rings. The number of benzene rings is 1. The number of anilines is 1. The van der Waals surface area contributed by atoms with Crippen molar-refractivity contribution in [3.63, 3.8) is 0 Å². The highest BCUT2D eigenvalue weighted by atomic mass is 16.1. The Balaban J connectivity index is 2.68. The van der Waals surface area contributed by atoms with Crippen molar-refractivity contribution in [1.82, 2.24) is 10.2 Å². The third-order valence-electron chi connectivity index (χ3n) is 2.44. The first-order valence-electron chi connectivity index (χ1n) is 5.64. The monoisotopic (exact) mass is 231 g/mol. The van der Waals surface area contributed by atoms with Gasteiger partial charge < -0.3 is 5.32 Å². The predicted molar refractivity (Wildman–Crippen MR) is 70.5 cm³/mol. The van der Waals surface area contributed by atoms with Crippen molar-refractivity contribution >= 4 is 16.6 Å². The molecule has 0 saturated carbocycles. The summed E-state index contributed by atoms with van der Waals surface area (Å²) in [6.07, 6.45) is 0. The number of aryl methyl sites for hydroxylation is 1. The molecule has 0 bridgehead atoms. The Bertz CT molecular complexity index is 608. The summed E-state index contributed by atoms with van der Waals surface area (Å²) in [6.45, 7) is 8.17. The summed E-state index contributed by atoms with van der Waals surface area (Å²) in [5, 5.41) is 11.4. The fourth-order valence-corrected chi connectivity index (χ4v) is 1.73. The minimum absolute atomic E-state index is 0.0953. The number of H-pyrrole nitrogens is 1. The molecule has 1 aromatic heterocycles. The molecule has 1 heterocycles. The van der Waals surface area contributed by atoms with E-state index in [4.69, 9.17) is 0 Å². The molecule has 4 nitrogen and oxygen atoms in total. The Hall–Kier alpha value is -1.84. The van der Waals surface area contributed by atoms with Crippen LogP contribution in [0.15, 0.2) is 23.0 Å². The van der Waals surface area contributed by atoms with E-state index < -0.39 is 0 Å². The quantitative estimate of drug-likeness (QED) is 0.792. The molecule has 0 amide bonds. The lowest BCUT2D eigenvalue weighted by atomic mass is 10.1. The Morgan fingerprint density at radius 2 is 1.94 bits per heavy atom. The molecule has 0 radical (unpaired) electrons. The van der Waals surface area contributed by atoms with E-state index in [0.29, 0.717) is 5.39 Å². The van der Waals surface area contributed by atoms with Gasteiger partial charge in [-0.3, -0.25) is 4.79 Å². The first kappa shape index (κ1) is 11.6. The molecule has 17 heavy (non-hydrogen) atoms. The van der Waals surface area contributed by atoms with E-state index in [1.54, 1.807) is 0 Å². The highest BCUT2D eigenvalue weighted by molar-refractivity contribution is 5.91. The number of nitrogens with zero attached hydrogens (tertiary/aromatic N) is 1. The SMILES string of the molecule is Cc1ccc2c(=O)[nH]nc(NC(C)(C)C)c2c1. The zero-order chi connectivity index (χ0) is 12.6. The molecule has 0 unspecified atom stereocenters. The summed E-state index contributed by atoms with van der Waals surface area (Å²) in [4.78, 5) is 11.7. The molecular weight excluding hydrogens is 214 g/mol. The van der Waals surface area contributed by atoms with Crippen LogP contribution >= 0.6 is 0 Å². The van der Waals surface area contributed by atoms with Gasteiger partial charge in [-0.25, -0.2) is 5.10 Å². The maximum atomic E-state index is 11.7. The third kappa shape index (κ3) is 2.46. The number of nitrogens with one attached hydrogen (secondary N) is 2. The van der Waals surface area contributed by atoms with Gasteiger partial charge >= 0.3 is 0 Å². The minimum Gasteiger partial charge on any atom is -0.364 e. The Labute approximate surface area is 100 Å². The van der Waals surface area contributed by atoms with Crippen molar-refractivity contribution in [2.75, 3.05) is 5.32 Å². The summed E-state index contributed by atoms with van der Waals surface area (Å²) in [6, 6.07) is 5.74. The number of aromatic nitrogens is 2. The van der Waals surface area contributed by atoms with Gasteiger partial charge in [-0.1, -0.05) is 11.6 Å². The lowest BCUT2D eigenvalue weighted by Gasteiger charge is -2.21. The van der Waals surface area contributed by atoms with E-state index in [1.165, 1.54) is 0 Å². The van der Waals surface area contributed by atoms with Crippen molar-refractivity contribution in [2.24, 2.45) is 0 Å². The van der Waals surface area contributed by atoms with Crippen LogP contribution in [0.5, 0.6) is 0 Å². The minimum atomic E-state index is -0.153. The highest BCUT2D eigenvalue weighted by Gasteiger charge is 2.13. The van der Waals surface area contributed by atoms with Crippen LogP contribution in [0.3, 0.4) is 0 Å². The van der Waals surface area contributed by atoms with Gasteiger partial charge in [-0.2, -0.15) is 5.10 Å². The third-order valence-corrected chi connectivity index (χ3v) is 2.44. The molecule has 0 saturated heterocycles. The Morgan fingerprint density at radius 1 is 1.24 bits per heavy atom. The van der Waals surface area contributed by atoms with Crippen LogP contribution in [-0.2, 0) is 0 Å². The summed E-state index contributed by atoms with van der Waals surface area (Å²) < 4.78 is 0. The first-order chi connectivity index (χ1) is 7.87. The summed E-state index contributed by atoms with van der Waals surface area (Å²) in [5.74, 6) is 0.718. The summed E-state index contributed by atoms with van der Waals surface area (Å²) in [7, 11) is 0. The number of hydrogen-bond donors (Lipinski definition) is 2. The molecule has 0 aliphatic rings. The summed E-state index contributed by atoms with van der Waals surface area (Å²) in [5.41, 5.74) is 0.864. The van der Waals surface area contributed by atoms with Crippen LogP contribution in [0.4, 0.5) is 5.82 Å². The van der Waals surface area contributed by atoms with Crippen LogP contribution in [0, 0.1) is 6.92 Å². The molecule has 0 aliphatic heterocycles. The van der Waals surface area contributed by atoms with E-state index in [-0.39, 0.29) is 11.1 Å². The van der Waals surface area contributed by atoms with Gasteiger partial charge in [0.2, 0.25) is 0 Å². The van der Waals surface area contributed by atoms with Gasteiger partial charge in [0.1, 0.15) is 0 Å². The second-order valence-corrected chi connectivity index (χ2v) is 5.33. The topological polar surface area (TPSA) is 57.8 Å². The molecule has 1 aromatic carbocycles. The van der Waals surface area contributed by atoms with Crippen molar-refractivity contribution < 1.29 is 0 Å². The van der Waals surface area contributed by atoms with E-state index in [0.717, 1.165) is 16.8 Å². The summed E-state index contributed by atoms with van der Waals surface area (Å²) >= 11 is 0. The Kier molecular flexibility index (Phi) is 2.65. The maximum Gasteiger partial charge on any atom is 0.272 e. The van der Waals surface area contributed by atoms with Crippen molar-refractivity contribution in [3.05, 3.63) is 34.1 Å². The zero-order valence-electron chi connectivity index (χ0n) is 10.6. The van der Waals surface area contributed by atoms with E-state index >= 15 is 0 Å². The standard InChI is InChI=1S/C13H17N3O/c1-8-5-6-9-10(7-8)11(14-13(2,3)4)15-16-12(9)17/h5-7H,1-4H3,(H,14,15)(H,16,17). The van der Waals surface area contributed by atoms with Crippen LogP contribution in [0.25, 0.3) is 10.8 Å². The van der Waals surface area contributed by atoms with Crippen molar-refractivity contribution in [3.8, 4) is 0 Å². The van der Waals surface area contributed by atoms with Gasteiger partial charge in [0.25, 0.3) is 5.56 Å². The second-order valence-electron chi connectivity index (χ2n) is 5.33. The molecule has 0 fully saturated rings. The molecule has 0 atom stereocenters. The predicted octanol–water partition coefficient (Wildman–Crippen LogP) is 2.44. The average molecular weight is 231 g/mol. The van der Waals surface area contributed by atoms with E-state index in [9.17, 15) is 4.79 Å². The zero-order valence-corrected chi connectivity index (χ0v) is 10.6. The van der Waals surface area contributed by atoms with Gasteiger partial charge in [-0.05, 0) is 39.8 Å². The average Bonchev–Trinajstić information content (AvgIpc) is 2.20. The number of rotatable bonds is 1. The fraction of sp³-hybridized carbons (Fsp3) is 0.385. The maximum absolute atomic E-state index is 11.7. The number of aromatic amines is 1. The lowest BCUT2D eigenvalue weighted by Crippen LogP contribution is -2.28. The van der Waals surface area contributed by atoms with Crippen LogP contribution in [0.2, 0.25) is 0 Å².